The lowest BCUT2D eigenvalue weighted by Gasteiger charge is -2.13. The number of anilines is 1. The molecule has 0 spiro atoms. The molecule has 0 aromatic carbocycles. The van der Waals surface area contributed by atoms with Crippen molar-refractivity contribution in [2.75, 3.05) is 11.9 Å². The third-order valence-electron chi connectivity index (χ3n) is 3.33. The molecule has 1 aromatic heterocycles. The van der Waals surface area contributed by atoms with Gasteiger partial charge in [0.05, 0.1) is 0 Å². The third kappa shape index (κ3) is 1.67. The maximum atomic E-state index is 4.04. The summed E-state index contributed by atoms with van der Waals surface area (Å²) >= 11 is 4.89. The quantitative estimate of drug-likeness (QED) is 0.917. The number of hydrogen-bond donors (Lipinski definition) is 1. The van der Waals surface area contributed by atoms with Crippen molar-refractivity contribution in [2.24, 2.45) is 11.3 Å². The van der Waals surface area contributed by atoms with Crippen LogP contribution in [0.3, 0.4) is 0 Å². The lowest BCUT2D eigenvalue weighted by Crippen LogP contribution is -2.17. The highest BCUT2D eigenvalue weighted by Gasteiger charge is 2.53. The fourth-order valence-electron chi connectivity index (χ4n) is 2.11. The molecule has 2 aliphatic rings. The smallest absolute Gasteiger partial charge is 0.206 e. The van der Waals surface area contributed by atoms with Crippen LogP contribution in [-0.4, -0.2) is 16.7 Å². The van der Waals surface area contributed by atoms with E-state index in [1.165, 1.54) is 25.7 Å². The predicted octanol–water partition coefficient (Wildman–Crippen LogP) is 2.90. The van der Waals surface area contributed by atoms with Crippen LogP contribution in [0, 0.1) is 11.3 Å². The van der Waals surface area contributed by atoms with Crippen LogP contribution in [0.25, 0.3) is 0 Å². The van der Waals surface area contributed by atoms with Gasteiger partial charge in [-0.1, -0.05) is 11.3 Å². The normalized spacial score (nSPS) is 23.5. The highest BCUT2D eigenvalue weighted by Crippen LogP contribution is 2.61. The minimum atomic E-state index is 0.637. The average molecular weight is 274 g/mol. The van der Waals surface area contributed by atoms with Gasteiger partial charge in [0.15, 0.2) is 3.92 Å². The van der Waals surface area contributed by atoms with Crippen LogP contribution in [0.15, 0.2) is 3.92 Å². The van der Waals surface area contributed by atoms with Gasteiger partial charge in [-0.3, -0.25) is 0 Å². The molecule has 3 nitrogen and oxygen atoms in total. The Labute approximate surface area is 95.4 Å². The van der Waals surface area contributed by atoms with Crippen molar-refractivity contribution in [3.63, 3.8) is 0 Å². The number of nitrogens with zero attached hydrogens (tertiary/aromatic N) is 2. The standard InChI is InChI=1S/C9H12BrN3S/c10-7-12-13-8(14-7)11-5-9(3-4-9)6-1-2-6/h6H,1-5H2,(H,11,13). The molecule has 0 saturated heterocycles. The Bertz CT molecular complexity index is 344. The van der Waals surface area contributed by atoms with Crippen LogP contribution < -0.4 is 5.32 Å². The molecule has 1 N–H and O–H groups in total. The van der Waals surface area contributed by atoms with E-state index in [1.54, 1.807) is 11.3 Å². The van der Waals surface area contributed by atoms with Crippen LogP contribution in [0.5, 0.6) is 0 Å². The molecule has 0 bridgehead atoms. The molecule has 14 heavy (non-hydrogen) atoms. The second kappa shape index (κ2) is 3.17. The first-order valence-electron chi connectivity index (χ1n) is 5.01. The van der Waals surface area contributed by atoms with Gasteiger partial charge >= 0.3 is 0 Å². The van der Waals surface area contributed by atoms with Gasteiger partial charge < -0.3 is 5.32 Å². The van der Waals surface area contributed by atoms with Crippen molar-refractivity contribution in [1.82, 2.24) is 10.2 Å². The molecule has 0 aliphatic heterocycles. The van der Waals surface area contributed by atoms with E-state index in [9.17, 15) is 0 Å². The highest BCUT2D eigenvalue weighted by molar-refractivity contribution is 9.11. The number of hydrogen-bond acceptors (Lipinski definition) is 4. The number of halogens is 1. The summed E-state index contributed by atoms with van der Waals surface area (Å²) in [6.07, 6.45) is 5.71. The number of nitrogens with one attached hydrogen (secondary N) is 1. The van der Waals surface area contributed by atoms with Crippen molar-refractivity contribution in [3.05, 3.63) is 3.92 Å². The molecular formula is C9H12BrN3S. The van der Waals surface area contributed by atoms with E-state index in [-0.39, 0.29) is 0 Å². The average Bonchev–Trinajstić information content (AvgIpc) is 3.03. The Hall–Kier alpha value is -0.160. The molecule has 2 aliphatic carbocycles. The van der Waals surface area contributed by atoms with Crippen LogP contribution in [0.2, 0.25) is 0 Å². The van der Waals surface area contributed by atoms with Crippen LogP contribution in [0.4, 0.5) is 5.13 Å². The second-order valence-corrected chi connectivity index (χ2v) is 6.60. The van der Waals surface area contributed by atoms with E-state index in [4.69, 9.17) is 0 Å². The molecule has 0 atom stereocenters. The summed E-state index contributed by atoms with van der Waals surface area (Å²) in [5.41, 5.74) is 0.637. The van der Waals surface area contributed by atoms with Gasteiger partial charge in [-0.05, 0) is 52.9 Å². The zero-order chi connectivity index (χ0) is 9.60. The van der Waals surface area contributed by atoms with Crippen LogP contribution in [0.1, 0.15) is 25.7 Å². The summed E-state index contributed by atoms with van der Waals surface area (Å²) in [6, 6.07) is 0. The molecule has 0 amide bonds. The molecule has 5 heteroatoms. The first-order chi connectivity index (χ1) is 6.78. The SMILES string of the molecule is Brc1nnc(NCC2(C3CC3)CC2)s1. The first kappa shape index (κ1) is 9.09. The minimum absolute atomic E-state index is 0.637. The van der Waals surface area contributed by atoms with Gasteiger partial charge in [0.2, 0.25) is 5.13 Å². The fraction of sp³-hybridized carbons (Fsp3) is 0.778. The minimum Gasteiger partial charge on any atom is -0.359 e. The van der Waals surface area contributed by atoms with Gasteiger partial charge in [0.25, 0.3) is 0 Å². The molecule has 3 rings (SSSR count). The Kier molecular flexibility index (Phi) is 2.06. The Morgan fingerprint density at radius 2 is 2.21 bits per heavy atom. The zero-order valence-electron chi connectivity index (χ0n) is 7.79. The maximum absolute atomic E-state index is 4.04. The molecule has 0 radical (unpaired) electrons. The van der Waals surface area contributed by atoms with Gasteiger partial charge in [0.1, 0.15) is 0 Å². The second-order valence-electron chi connectivity index (χ2n) is 4.35. The summed E-state index contributed by atoms with van der Waals surface area (Å²) in [7, 11) is 0. The lowest BCUT2D eigenvalue weighted by molar-refractivity contribution is 0.466. The summed E-state index contributed by atoms with van der Waals surface area (Å²) in [4.78, 5) is 0. The summed E-state index contributed by atoms with van der Waals surface area (Å²) in [5, 5.41) is 12.3. The largest absolute Gasteiger partial charge is 0.359 e. The summed E-state index contributed by atoms with van der Waals surface area (Å²) in [6.45, 7) is 1.10. The van der Waals surface area contributed by atoms with Crippen molar-refractivity contribution in [1.29, 1.82) is 0 Å². The van der Waals surface area contributed by atoms with Gasteiger partial charge in [0, 0.05) is 6.54 Å². The molecule has 2 fully saturated rings. The van der Waals surface area contributed by atoms with E-state index in [1.807, 2.05) is 0 Å². The third-order valence-corrected chi connectivity index (χ3v) is 4.64. The van der Waals surface area contributed by atoms with Crippen molar-refractivity contribution < 1.29 is 0 Å². The first-order valence-corrected chi connectivity index (χ1v) is 6.62. The molecule has 1 aromatic rings. The monoisotopic (exact) mass is 273 g/mol. The Morgan fingerprint density at radius 3 is 2.71 bits per heavy atom. The summed E-state index contributed by atoms with van der Waals surface area (Å²) in [5.74, 6) is 1.01. The highest BCUT2D eigenvalue weighted by atomic mass is 79.9. The van der Waals surface area contributed by atoms with E-state index < -0.39 is 0 Å². The molecule has 76 valence electrons. The van der Waals surface area contributed by atoms with Crippen molar-refractivity contribution >= 4 is 32.4 Å². The fourth-order valence-corrected chi connectivity index (χ4v) is 3.12. The molecule has 0 unspecified atom stereocenters. The molecular weight excluding hydrogens is 262 g/mol. The van der Waals surface area contributed by atoms with E-state index in [2.05, 4.69) is 31.4 Å². The predicted molar refractivity (Wildman–Crippen MR) is 60.5 cm³/mol. The lowest BCUT2D eigenvalue weighted by atomic mass is 10.0. The van der Waals surface area contributed by atoms with E-state index in [0.29, 0.717) is 5.41 Å². The Balaban J connectivity index is 1.59. The van der Waals surface area contributed by atoms with Crippen molar-refractivity contribution in [2.45, 2.75) is 25.7 Å². The summed E-state index contributed by atoms with van der Waals surface area (Å²) < 4.78 is 0.858. The van der Waals surface area contributed by atoms with Gasteiger partial charge in [-0.2, -0.15) is 0 Å². The Morgan fingerprint density at radius 1 is 1.43 bits per heavy atom. The van der Waals surface area contributed by atoms with Crippen LogP contribution >= 0.6 is 27.3 Å². The maximum Gasteiger partial charge on any atom is 0.206 e. The number of rotatable bonds is 4. The van der Waals surface area contributed by atoms with Crippen molar-refractivity contribution in [3.8, 4) is 0 Å². The molecule has 2 saturated carbocycles. The van der Waals surface area contributed by atoms with Gasteiger partial charge in [-0.15, -0.1) is 10.2 Å². The topological polar surface area (TPSA) is 37.8 Å². The van der Waals surface area contributed by atoms with Gasteiger partial charge in [-0.25, -0.2) is 0 Å². The molecule has 1 heterocycles. The zero-order valence-corrected chi connectivity index (χ0v) is 10.2. The van der Waals surface area contributed by atoms with E-state index >= 15 is 0 Å². The number of aromatic nitrogens is 2. The van der Waals surface area contributed by atoms with Crippen LogP contribution in [-0.2, 0) is 0 Å². The van der Waals surface area contributed by atoms with E-state index in [0.717, 1.165) is 21.5 Å².